The molecule has 8 nitrogen and oxygen atoms in total. The van der Waals surface area contributed by atoms with E-state index >= 15 is 0 Å². The minimum absolute atomic E-state index is 0.0758. The summed E-state index contributed by atoms with van der Waals surface area (Å²) in [6.45, 7) is 6.30. The van der Waals surface area contributed by atoms with E-state index in [-0.39, 0.29) is 5.78 Å². The summed E-state index contributed by atoms with van der Waals surface area (Å²) in [5, 5.41) is 4.41. The molecular weight excluding hydrogens is 428 g/mol. The van der Waals surface area contributed by atoms with Gasteiger partial charge in [-0.05, 0) is 47.9 Å². The highest BCUT2D eigenvalue weighted by Gasteiger charge is 2.24. The van der Waals surface area contributed by atoms with Crippen LogP contribution in [0, 0.1) is 6.92 Å². The lowest BCUT2D eigenvalue weighted by molar-refractivity contribution is 0.0342. The van der Waals surface area contributed by atoms with Gasteiger partial charge in [0.2, 0.25) is 0 Å². The number of imidazole rings is 1. The van der Waals surface area contributed by atoms with Gasteiger partial charge >= 0.3 is 0 Å². The first kappa shape index (κ1) is 20.8. The van der Waals surface area contributed by atoms with Gasteiger partial charge in [-0.3, -0.25) is 9.69 Å². The molecule has 172 valence electrons. The van der Waals surface area contributed by atoms with Crippen LogP contribution in [0.15, 0.2) is 48.2 Å². The zero-order valence-corrected chi connectivity index (χ0v) is 19.0. The zero-order chi connectivity index (χ0) is 23.2. The topological polar surface area (TPSA) is 102 Å². The van der Waals surface area contributed by atoms with E-state index in [2.05, 4.69) is 38.2 Å². The van der Waals surface area contributed by atoms with Gasteiger partial charge in [0.15, 0.2) is 5.78 Å². The molecule has 1 fully saturated rings. The van der Waals surface area contributed by atoms with Gasteiger partial charge in [0.1, 0.15) is 11.6 Å². The molecule has 2 aliphatic rings. The zero-order valence-electron chi connectivity index (χ0n) is 19.0. The van der Waals surface area contributed by atoms with Crippen LogP contribution in [0.4, 0.5) is 5.82 Å². The Morgan fingerprint density at radius 3 is 2.88 bits per heavy atom. The molecule has 34 heavy (non-hydrogen) atoms. The Morgan fingerprint density at radius 1 is 1.18 bits per heavy atom. The van der Waals surface area contributed by atoms with Crippen molar-refractivity contribution >= 4 is 28.7 Å². The molecule has 0 saturated carbocycles. The van der Waals surface area contributed by atoms with Crippen LogP contribution < -0.4 is 5.73 Å². The lowest BCUT2D eigenvalue weighted by Crippen LogP contribution is -2.35. The number of nitrogen functional groups attached to an aromatic ring is 1. The van der Waals surface area contributed by atoms with Crippen molar-refractivity contribution in [1.82, 2.24) is 24.6 Å². The molecule has 0 radical (unpaired) electrons. The second kappa shape index (κ2) is 8.23. The monoisotopic (exact) mass is 454 g/mol. The maximum absolute atomic E-state index is 13.4. The quantitative estimate of drug-likeness (QED) is 0.449. The number of aromatic nitrogens is 4. The third kappa shape index (κ3) is 3.70. The van der Waals surface area contributed by atoms with E-state index in [1.54, 1.807) is 10.9 Å². The lowest BCUT2D eigenvalue weighted by atomic mass is 10.0. The van der Waals surface area contributed by atoms with Crippen LogP contribution in [-0.2, 0) is 17.7 Å². The van der Waals surface area contributed by atoms with E-state index in [9.17, 15) is 4.79 Å². The van der Waals surface area contributed by atoms with Gasteiger partial charge in [0.25, 0.3) is 0 Å². The Morgan fingerprint density at radius 2 is 2.03 bits per heavy atom. The minimum atomic E-state index is -0.0758. The highest BCUT2D eigenvalue weighted by molar-refractivity contribution is 6.15. The highest BCUT2D eigenvalue weighted by Crippen LogP contribution is 2.30. The normalized spacial score (nSPS) is 16.1. The molecule has 0 bridgehead atoms. The predicted molar refractivity (Wildman–Crippen MR) is 131 cm³/mol. The second-order valence-corrected chi connectivity index (χ2v) is 8.98. The summed E-state index contributed by atoms with van der Waals surface area (Å²) in [6.07, 6.45) is 4.15. The van der Waals surface area contributed by atoms with Crippen LogP contribution >= 0.6 is 0 Å². The van der Waals surface area contributed by atoms with Gasteiger partial charge < -0.3 is 15.5 Å². The average molecular weight is 455 g/mol. The summed E-state index contributed by atoms with van der Waals surface area (Å²) in [5.41, 5.74) is 13.7. The molecule has 0 spiro atoms. The van der Waals surface area contributed by atoms with Crippen molar-refractivity contribution in [3.63, 3.8) is 0 Å². The molecular formula is C26H26N6O2. The molecule has 1 aliphatic heterocycles. The van der Waals surface area contributed by atoms with E-state index in [1.165, 1.54) is 11.1 Å². The first-order valence-electron chi connectivity index (χ1n) is 11.5. The van der Waals surface area contributed by atoms with E-state index in [0.717, 1.165) is 66.5 Å². The van der Waals surface area contributed by atoms with E-state index in [4.69, 9.17) is 10.5 Å². The predicted octanol–water partition coefficient (Wildman–Crippen LogP) is 3.29. The number of benzene rings is 2. The number of hydrogen-bond donors (Lipinski definition) is 2. The fourth-order valence-electron chi connectivity index (χ4n) is 4.83. The summed E-state index contributed by atoms with van der Waals surface area (Å²) in [6, 6.07) is 12.2. The molecule has 1 saturated heterocycles. The number of aromatic amines is 1. The fraction of sp³-hybridized carbons (Fsp3) is 0.269. The number of Topliss-reactive ketones (excluding diaryl/α,β-unsaturated/α-hetero) is 1. The highest BCUT2D eigenvalue weighted by atomic mass is 16.5. The number of aryl methyl sites for hydroxylation is 1. The molecule has 0 amide bonds. The Kier molecular flexibility index (Phi) is 5.04. The number of carbonyl (C=O) groups excluding carboxylic acids is 1. The van der Waals surface area contributed by atoms with Crippen molar-refractivity contribution in [1.29, 1.82) is 0 Å². The summed E-state index contributed by atoms with van der Waals surface area (Å²) < 4.78 is 7.05. The van der Waals surface area contributed by atoms with E-state index < -0.39 is 0 Å². The van der Waals surface area contributed by atoms with Gasteiger partial charge in [-0.25, -0.2) is 9.67 Å². The number of anilines is 1. The number of nitrogens with two attached hydrogens (primary N) is 1. The van der Waals surface area contributed by atoms with Crippen molar-refractivity contribution in [3.05, 3.63) is 76.2 Å². The number of hydrogen-bond acceptors (Lipinski definition) is 6. The first-order valence-corrected chi connectivity index (χ1v) is 11.5. The average Bonchev–Trinajstić information content (AvgIpc) is 3.54. The summed E-state index contributed by atoms with van der Waals surface area (Å²) in [5.74, 6) is 1.11. The molecule has 0 atom stereocenters. The molecule has 2 aromatic carbocycles. The molecule has 3 N–H and O–H groups in total. The van der Waals surface area contributed by atoms with Crippen molar-refractivity contribution in [2.45, 2.75) is 19.9 Å². The molecule has 3 heterocycles. The largest absolute Gasteiger partial charge is 0.383 e. The van der Waals surface area contributed by atoms with Crippen LogP contribution in [0.3, 0.4) is 0 Å². The minimum Gasteiger partial charge on any atom is -0.383 e. The number of carbonyl (C=O) groups is 1. The SMILES string of the molecule is Cc1nc2ccc(-n3ncc(C(=O)C4=Cc5ccc(CN6CCOCC6)cc5C4)c3N)cc2[nH]1. The molecule has 2 aromatic heterocycles. The summed E-state index contributed by atoms with van der Waals surface area (Å²) in [4.78, 5) is 23.4. The Balaban J connectivity index is 1.21. The van der Waals surface area contributed by atoms with Crippen LogP contribution in [0.2, 0.25) is 0 Å². The number of fused-ring (bicyclic) bond motifs is 2. The van der Waals surface area contributed by atoms with Crippen molar-refractivity contribution < 1.29 is 9.53 Å². The van der Waals surface area contributed by atoms with Gasteiger partial charge in [-0.15, -0.1) is 0 Å². The Bertz CT molecular complexity index is 1440. The van der Waals surface area contributed by atoms with E-state index in [0.29, 0.717) is 17.8 Å². The van der Waals surface area contributed by atoms with Crippen LogP contribution in [0.25, 0.3) is 22.8 Å². The first-order chi connectivity index (χ1) is 16.5. The number of H-pyrrole nitrogens is 1. The third-order valence-electron chi connectivity index (χ3n) is 6.60. The lowest BCUT2D eigenvalue weighted by Gasteiger charge is -2.26. The number of allylic oxidation sites excluding steroid dienone is 1. The summed E-state index contributed by atoms with van der Waals surface area (Å²) in [7, 11) is 0. The maximum Gasteiger partial charge on any atom is 0.194 e. The van der Waals surface area contributed by atoms with E-state index in [1.807, 2.05) is 31.2 Å². The number of ketones is 1. The Hall–Kier alpha value is -3.75. The number of rotatable bonds is 5. The second-order valence-electron chi connectivity index (χ2n) is 8.98. The molecule has 4 aromatic rings. The summed E-state index contributed by atoms with van der Waals surface area (Å²) >= 11 is 0. The fourth-order valence-corrected chi connectivity index (χ4v) is 4.83. The molecule has 0 unspecified atom stereocenters. The molecule has 1 aliphatic carbocycles. The standard InChI is InChI=1S/C26H26N6O2/c1-16-29-23-5-4-21(13-24(23)30-16)32-26(27)22(14-28-32)25(33)20-11-18-3-2-17(10-19(18)12-20)15-31-6-8-34-9-7-31/h2-5,10-11,13-14H,6-9,12,15,27H2,1H3,(H,29,30). The van der Waals surface area contributed by atoms with Gasteiger partial charge in [0.05, 0.1) is 41.7 Å². The number of morpholine rings is 1. The van der Waals surface area contributed by atoms with Crippen molar-refractivity contribution in [2.24, 2.45) is 0 Å². The third-order valence-corrected chi connectivity index (χ3v) is 6.60. The number of nitrogens with one attached hydrogen (secondary N) is 1. The van der Waals surface area contributed by atoms with Gasteiger partial charge in [0, 0.05) is 31.6 Å². The molecule has 8 heteroatoms. The Labute approximate surface area is 197 Å². The van der Waals surface area contributed by atoms with Gasteiger partial charge in [-0.1, -0.05) is 18.2 Å². The smallest absolute Gasteiger partial charge is 0.194 e. The number of nitrogens with zero attached hydrogens (tertiary/aromatic N) is 4. The maximum atomic E-state index is 13.4. The van der Waals surface area contributed by atoms with Gasteiger partial charge in [-0.2, -0.15) is 5.10 Å². The van der Waals surface area contributed by atoms with Crippen LogP contribution in [0.1, 0.15) is 32.9 Å². The molecule has 6 rings (SSSR count). The van der Waals surface area contributed by atoms with Crippen molar-refractivity contribution in [3.8, 4) is 5.69 Å². The van der Waals surface area contributed by atoms with Crippen LogP contribution in [0.5, 0.6) is 0 Å². The van der Waals surface area contributed by atoms with Crippen LogP contribution in [-0.4, -0.2) is 56.7 Å². The number of ether oxygens (including phenoxy) is 1. The van der Waals surface area contributed by atoms with Crippen molar-refractivity contribution in [2.75, 3.05) is 32.0 Å².